The fraction of sp³-hybridized carbons (Fsp3) is 0.400. The number of fused-ring (bicyclic) bond motifs is 1. The third kappa shape index (κ3) is 6.13. The van der Waals surface area contributed by atoms with Crippen LogP contribution in [0, 0.1) is 0 Å². The zero-order valence-electron chi connectivity index (χ0n) is 18.8. The Balaban J connectivity index is 1.55. The number of ether oxygens (including phenoxy) is 1. The Bertz CT molecular complexity index is 1330. The van der Waals surface area contributed by atoms with E-state index in [0.717, 1.165) is 5.56 Å². The summed E-state index contributed by atoms with van der Waals surface area (Å²) in [5.41, 5.74) is 1.21. The second kappa shape index (κ2) is 10.4. The number of halogens is 2. The maximum Gasteiger partial charge on any atom is 0.340 e. The zero-order chi connectivity index (χ0) is 26.3. The first-order chi connectivity index (χ1) is 16.8. The van der Waals surface area contributed by atoms with Crippen molar-refractivity contribution in [3.8, 4) is 0 Å². The number of hydrogen-bond donors (Lipinski definition) is 5. The van der Waals surface area contributed by atoms with Crippen LogP contribution in [-0.4, -0.2) is 65.2 Å². The van der Waals surface area contributed by atoms with Crippen molar-refractivity contribution in [3.05, 3.63) is 53.4 Å². The average molecular weight is 565 g/mol. The summed E-state index contributed by atoms with van der Waals surface area (Å²) in [5, 5.41) is 13.9. The topological polar surface area (TPSA) is 176 Å². The first-order valence-corrected chi connectivity index (χ1v) is 14.6. The predicted molar refractivity (Wildman–Crippen MR) is 129 cm³/mol. The Hall–Kier alpha value is -1.92. The molecular formula is C20H24ClFN4O8P2. The Morgan fingerprint density at radius 2 is 1.92 bits per heavy atom. The van der Waals surface area contributed by atoms with Gasteiger partial charge in [-0.05, 0) is 30.2 Å². The molecule has 0 saturated carbocycles. The lowest BCUT2D eigenvalue weighted by Gasteiger charge is -2.19. The lowest BCUT2D eigenvalue weighted by molar-refractivity contribution is -0.0423. The molecule has 196 valence electrons. The van der Waals surface area contributed by atoms with E-state index in [1.807, 2.05) is 37.3 Å². The summed E-state index contributed by atoms with van der Waals surface area (Å²) in [6.45, 7) is 1.15. The van der Waals surface area contributed by atoms with Crippen molar-refractivity contribution in [2.24, 2.45) is 0 Å². The summed E-state index contributed by atoms with van der Waals surface area (Å²) < 4.78 is 49.5. The molecule has 0 aliphatic carbocycles. The number of aliphatic hydroxyl groups excluding tert-OH is 1. The van der Waals surface area contributed by atoms with Gasteiger partial charge in [-0.15, -0.1) is 0 Å². The van der Waals surface area contributed by atoms with E-state index in [9.17, 15) is 19.1 Å². The summed E-state index contributed by atoms with van der Waals surface area (Å²) in [4.78, 5) is 35.9. The molecule has 1 fully saturated rings. The highest BCUT2D eigenvalue weighted by Gasteiger charge is 2.47. The standard InChI is InChI=1S/C20H24ClFN4O8P2/c1-11(12-5-3-2-4-6-12)23-17-13-7-8-26(18(13)25-20(21)24-17)19-15(22)16(27)14(34-19)9-33-36(31,32)10-35(28,29)30/h2-8,11,14-16,19,27H,9-10H2,1H3,(H,31,32)(H,23,24,25)(H2,28,29,30)/t11-,14-,15+,16-,19-/m1/s1. The number of hydrogen-bond acceptors (Lipinski definition) is 8. The van der Waals surface area contributed by atoms with Crippen LogP contribution < -0.4 is 5.32 Å². The minimum absolute atomic E-state index is 0.113. The fourth-order valence-corrected chi connectivity index (χ4v) is 6.61. The highest BCUT2D eigenvalue weighted by Crippen LogP contribution is 2.55. The molecule has 0 bridgehead atoms. The van der Waals surface area contributed by atoms with Crippen molar-refractivity contribution in [2.75, 3.05) is 17.8 Å². The monoisotopic (exact) mass is 564 g/mol. The van der Waals surface area contributed by atoms with Crippen LogP contribution in [0.15, 0.2) is 42.6 Å². The second-order valence-corrected chi connectivity index (χ2v) is 12.6. The van der Waals surface area contributed by atoms with E-state index in [1.165, 1.54) is 10.8 Å². The Morgan fingerprint density at radius 1 is 1.22 bits per heavy atom. The molecule has 5 N–H and O–H groups in total. The van der Waals surface area contributed by atoms with Gasteiger partial charge in [0.15, 0.2) is 18.3 Å². The largest absolute Gasteiger partial charge is 0.387 e. The van der Waals surface area contributed by atoms with Crippen LogP contribution in [0.3, 0.4) is 0 Å². The van der Waals surface area contributed by atoms with E-state index in [-0.39, 0.29) is 17.0 Å². The Labute approximate surface area is 209 Å². The van der Waals surface area contributed by atoms with Gasteiger partial charge in [0.2, 0.25) is 5.28 Å². The summed E-state index contributed by atoms with van der Waals surface area (Å²) >= 11 is 6.13. The molecule has 0 radical (unpaired) electrons. The second-order valence-electron chi connectivity index (χ2n) is 8.32. The van der Waals surface area contributed by atoms with Crippen LogP contribution in [0.2, 0.25) is 5.28 Å². The molecule has 36 heavy (non-hydrogen) atoms. The van der Waals surface area contributed by atoms with Crippen LogP contribution in [0.25, 0.3) is 11.0 Å². The van der Waals surface area contributed by atoms with Crippen molar-refractivity contribution in [1.82, 2.24) is 14.5 Å². The third-order valence-electron chi connectivity index (χ3n) is 5.57. The molecule has 4 rings (SSSR count). The van der Waals surface area contributed by atoms with E-state index >= 15 is 4.39 Å². The van der Waals surface area contributed by atoms with Gasteiger partial charge in [-0.2, -0.15) is 4.98 Å². The third-order valence-corrected chi connectivity index (χ3v) is 9.19. The van der Waals surface area contributed by atoms with Crippen molar-refractivity contribution in [1.29, 1.82) is 0 Å². The van der Waals surface area contributed by atoms with Gasteiger partial charge in [0.1, 0.15) is 23.7 Å². The minimum atomic E-state index is -4.85. The molecule has 1 unspecified atom stereocenters. The molecule has 2 aromatic heterocycles. The van der Waals surface area contributed by atoms with E-state index in [0.29, 0.717) is 11.2 Å². The Kier molecular flexibility index (Phi) is 7.87. The maximum atomic E-state index is 15.0. The smallest absolute Gasteiger partial charge is 0.340 e. The number of rotatable bonds is 9. The molecule has 1 aliphatic rings. The summed E-state index contributed by atoms with van der Waals surface area (Å²) in [7, 11) is -9.56. The number of anilines is 1. The number of aliphatic hydroxyl groups is 1. The summed E-state index contributed by atoms with van der Waals surface area (Å²) in [6, 6.07) is 11.1. The summed E-state index contributed by atoms with van der Waals surface area (Å²) in [6.07, 6.45) is -5.05. The number of benzene rings is 1. The van der Waals surface area contributed by atoms with Crippen molar-refractivity contribution >= 4 is 43.6 Å². The van der Waals surface area contributed by atoms with E-state index in [4.69, 9.17) is 26.1 Å². The Morgan fingerprint density at radius 3 is 2.58 bits per heavy atom. The normalized spacial score (nSPS) is 25.1. The van der Waals surface area contributed by atoms with E-state index in [1.54, 1.807) is 6.07 Å². The van der Waals surface area contributed by atoms with Gasteiger partial charge >= 0.3 is 15.2 Å². The van der Waals surface area contributed by atoms with Gasteiger partial charge in [0.05, 0.1) is 12.0 Å². The zero-order valence-corrected chi connectivity index (χ0v) is 21.3. The quantitative estimate of drug-likeness (QED) is 0.190. The molecule has 3 heterocycles. The molecule has 1 aromatic carbocycles. The van der Waals surface area contributed by atoms with Gasteiger partial charge in [-0.3, -0.25) is 9.13 Å². The van der Waals surface area contributed by atoms with Crippen LogP contribution in [0.5, 0.6) is 0 Å². The molecule has 0 amide bonds. The molecule has 1 aliphatic heterocycles. The minimum Gasteiger partial charge on any atom is -0.387 e. The summed E-state index contributed by atoms with van der Waals surface area (Å²) in [5.74, 6) is -1.02. The highest BCUT2D eigenvalue weighted by atomic mass is 35.5. The highest BCUT2D eigenvalue weighted by molar-refractivity contribution is 7.70. The molecule has 0 spiro atoms. The SMILES string of the molecule is C[C@@H](Nc1nc(Cl)nc2c1ccn2[C@@H]1O[C@H](COP(=O)(O)CP(=O)(O)O)[C@@H](O)[C@@H]1F)c1ccccc1. The average Bonchev–Trinajstić information content (AvgIpc) is 3.32. The fourth-order valence-electron chi connectivity index (χ4n) is 3.88. The van der Waals surface area contributed by atoms with Crippen LogP contribution >= 0.6 is 26.8 Å². The van der Waals surface area contributed by atoms with Gasteiger partial charge < -0.3 is 38.9 Å². The van der Waals surface area contributed by atoms with Crippen LogP contribution in [0.4, 0.5) is 10.2 Å². The predicted octanol–water partition coefficient (Wildman–Crippen LogP) is 3.19. The lowest BCUT2D eigenvalue weighted by Crippen LogP contribution is -2.31. The number of nitrogens with zero attached hydrogens (tertiary/aromatic N) is 3. The molecule has 1 saturated heterocycles. The van der Waals surface area contributed by atoms with Crippen molar-refractivity contribution in [2.45, 2.75) is 37.6 Å². The lowest BCUT2D eigenvalue weighted by atomic mass is 10.1. The van der Waals surface area contributed by atoms with Gasteiger partial charge in [0.25, 0.3) is 0 Å². The van der Waals surface area contributed by atoms with Gasteiger partial charge in [-0.25, -0.2) is 9.37 Å². The van der Waals surface area contributed by atoms with E-state index < -0.39 is 52.3 Å². The maximum absolute atomic E-state index is 15.0. The van der Waals surface area contributed by atoms with Crippen molar-refractivity contribution < 1.29 is 42.6 Å². The first-order valence-electron chi connectivity index (χ1n) is 10.7. The van der Waals surface area contributed by atoms with E-state index in [2.05, 4.69) is 19.8 Å². The van der Waals surface area contributed by atoms with Gasteiger partial charge in [0, 0.05) is 12.2 Å². The van der Waals surface area contributed by atoms with Crippen LogP contribution in [0.1, 0.15) is 24.8 Å². The van der Waals surface area contributed by atoms with Crippen LogP contribution in [-0.2, 0) is 18.4 Å². The molecular weight excluding hydrogens is 541 g/mol. The van der Waals surface area contributed by atoms with Gasteiger partial charge in [-0.1, -0.05) is 30.3 Å². The first kappa shape index (κ1) is 27.1. The number of aromatic nitrogens is 3. The number of nitrogens with one attached hydrogen (secondary N) is 1. The molecule has 3 aromatic rings. The molecule has 12 nitrogen and oxygen atoms in total. The molecule has 6 atom stereocenters. The van der Waals surface area contributed by atoms with Crippen molar-refractivity contribution in [3.63, 3.8) is 0 Å². The number of alkyl halides is 1. The molecule has 16 heteroatoms.